The topological polar surface area (TPSA) is 41.1 Å². The Bertz CT molecular complexity index is 583. The van der Waals surface area contributed by atoms with Crippen molar-refractivity contribution in [1.29, 1.82) is 0 Å². The highest BCUT2D eigenvalue weighted by Crippen LogP contribution is 2.23. The van der Waals surface area contributed by atoms with Gasteiger partial charge in [-0.2, -0.15) is 0 Å². The molecule has 0 saturated carbocycles. The molecular formula is C16H22N4. The molecule has 1 N–H and O–H groups in total. The first-order chi connectivity index (χ1) is 9.72. The molecular weight excluding hydrogens is 248 g/mol. The van der Waals surface area contributed by atoms with E-state index in [0.29, 0.717) is 12.0 Å². The Hall–Kier alpha value is -1.68. The first kappa shape index (κ1) is 13.3. The third kappa shape index (κ3) is 2.90. The SMILES string of the molecule is CC(Nc1ccc2nccnc2c1)C1CCCN(C)C1. The highest BCUT2D eigenvalue weighted by molar-refractivity contribution is 5.78. The van der Waals surface area contributed by atoms with Crippen LogP contribution in [0.2, 0.25) is 0 Å². The summed E-state index contributed by atoms with van der Waals surface area (Å²) in [5.41, 5.74) is 3.03. The number of aromatic nitrogens is 2. The predicted octanol–water partition coefficient (Wildman–Crippen LogP) is 2.77. The van der Waals surface area contributed by atoms with E-state index in [1.807, 2.05) is 6.07 Å². The molecule has 1 aliphatic heterocycles. The third-order valence-corrected chi connectivity index (χ3v) is 4.23. The Morgan fingerprint density at radius 2 is 2.05 bits per heavy atom. The van der Waals surface area contributed by atoms with Gasteiger partial charge in [-0.3, -0.25) is 9.97 Å². The molecule has 2 unspecified atom stereocenters. The molecule has 20 heavy (non-hydrogen) atoms. The lowest BCUT2D eigenvalue weighted by atomic mass is 9.92. The zero-order valence-electron chi connectivity index (χ0n) is 12.2. The predicted molar refractivity (Wildman–Crippen MR) is 82.8 cm³/mol. The summed E-state index contributed by atoms with van der Waals surface area (Å²) in [6.07, 6.45) is 6.09. The number of fused-ring (bicyclic) bond motifs is 1. The van der Waals surface area contributed by atoms with Crippen LogP contribution in [0.25, 0.3) is 11.0 Å². The Balaban J connectivity index is 1.71. The molecule has 0 aliphatic carbocycles. The Morgan fingerprint density at radius 1 is 1.25 bits per heavy atom. The number of hydrogen-bond donors (Lipinski definition) is 1. The number of rotatable bonds is 3. The lowest BCUT2D eigenvalue weighted by molar-refractivity contribution is 0.197. The van der Waals surface area contributed by atoms with Gasteiger partial charge in [0.15, 0.2) is 0 Å². The molecule has 2 aromatic rings. The van der Waals surface area contributed by atoms with Crippen LogP contribution >= 0.6 is 0 Å². The molecule has 0 radical (unpaired) electrons. The maximum atomic E-state index is 4.36. The molecule has 106 valence electrons. The van der Waals surface area contributed by atoms with Gasteiger partial charge in [0.25, 0.3) is 0 Å². The molecule has 1 aromatic carbocycles. The quantitative estimate of drug-likeness (QED) is 0.931. The van der Waals surface area contributed by atoms with Crippen molar-refractivity contribution >= 4 is 16.7 Å². The van der Waals surface area contributed by atoms with E-state index in [2.05, 4.69) is 46.3 Å². The second kappa shape index (κ2) is 5.75. The minimum Gasteiger partial charge on any atom is -0.382 e. The van der Waals surface area contributed by atoms with E-state index in [9.17, 15) is 0 Å². The van der Waals surface area contributed by atoms with Gasteiger partial charge in [0.2, 0.25) is 0 Å². The zero-order valence-corrected chi connectivity index (χ0v) is 12.2. The normalized spacial score (nSPS) is 21.8. The average molecular weight is 270 g/mol. The second-order valence-corrected chi connectivity index (χ2v) is 5.86. The fourth-order valence-corrected chi connectivity index (χ4v) is 3.05. The van der Waals surface area contributed by atoms with Crippen LogP contribution in [0, 0.1) is 5.92 Å². The molecule has 0 bridgehead atoms. The van der Waals surface area contributed by atoms with Gasteiger partial charge in [0.1, 0.15) is 0 Å². The van der Waals surface area contributed by atoms with Crippen molar-refractivity contribution in [2.75, 3.05) is 25.5 Å². The maximum absolute atomic E-state index is 4.36. The fraction of sp³-hybridized carbons (Fsp3) is 0.500. The smallest absolute Gasteiger partial charge is 0.0907 e. The molecule has 1 fully saturated rings. The molecule has 1 aliphatic rings. The summed E-state index contributed by atoms with van der Waals surface area (Å²) in [6, 6.07) is 6.70. The number of benzene rings is 1. The number of nitrogens with zero attached hydrogens (tertiary/aromatic N) is 3. The van der Waals surface area contributed by atoms with Gasteiger partial charge in [-0.1, -0.05) is 0 Å². The largest absolute Gasteiger partial charge is 0.382 e. The van der Waals surface area contributed by atoms with E-state index in [0.717, 1.165) is 16.7 Å². The minimum absolute atomic E-state index is 0.479. The number of likely N-dealkylation sites (tertiary alicyclic amines) is 1. The van der Waals surface area contributed by atoms with E-state index >= 15 is 0 Å². The Kier molecular flexibility index (Phi) is 3.83. The molecule has 1 saturated heterocycles. The van der Waals surface area contributed by atoms with Crippen LogP contribution in [-0.2, 0) is 0 Å². The lowest BCUT2D eigenvalue weighted by Gasteiger charge is -2.34. The highest BCUT2D eigenvalue weighted by atomic mass is 15.1. The first-order valence-corrected chi connectivity index (χ1v) is 7.38. The van der Waals surface area contributed by atoms with Gasteiger partial charge in [0, 0.05) is 30.7 Å². The minimum atomic E-state index is 0.479. The second-order valence-electron chi connectivity index (χ2n) is 5.86. The van der Waals surface area contributed by atoms with Gasteiger partial charge < -0.3 is 10.2 Å². The van der Waals surface area contributed by atoms with Gasteiger partial charge >= 0.3 is 0 Å². The summed E-state index contributed by atoms with van der Waals surface area (Å²) in [4.78, 5) is 11.1. The number of nitrogens with one attached hydrogen (secondary N) is 1. The van der Waals surface area contributed by atoms with Crippen molar-refractivity contribution in [2.24, 2.45) is 5.92 Å². The number of anilines is 1. The van der Waals surface area contributed by atoms with Gasteiger partial charge in [-0.15, -0.1) is 0 Å². The molecule has 4 heteroatoms. The maximum Gasteiger partial charge on any atom is 0.0907 e. The summed E-state index contributed by atoms with van der Waals surface area (Å²) < 4.78 is 0. The van der Waals surface area contributed by atoms with Crippen molar-refractivity contribution < 1.29 is 0 Å². The monoisotopic (exact) mass is 270 g/mol. The van der Waals surface area contributed by atoms with E-state index in [-0.39, 0.29) is 0 Å². The number of piperidine rings is 1. The van der Waals surface area contributed by atoms with Crippen LogP contribution < -0.4 is 5.32 Å². The van der Waals surface area contributed by atoms with Gasteiger partial charge in [-0.25, -0.2) is 0 Å². The number of hydrogen-bond acceptors (Lipinski definition) is 4. The van der Waals surface area contributed by atoms with E-state index < -0.39 is 0 Å². The van der Waals surface area contributed by atoms with Crippen LogP contribution in [0.3, 0.4) is 0 Å². The van der Waals surface area contributed by atoms with Gasteiger partial charge in [-0.05, 0) is 57.5 Å². The summed E-state index contributed by atoms with van der Waals surface area (Å²) in [5.74, 6) is 0.714. The fourth-order valence-electron chi connectivity index (χ4n) is 3.05. The highest BCUT2D eigenvalue weighted by Gasteiger charge is 2.22. The zero-order chi connectivity index (χ0) is 13.9. The lowest BCUT2D eigenvalue weighted by Crippen LogP contribution is -2.39. The molecule has 3 rings (SSSR count). The van der Waals surface area contributed by atoms with E-state index in [1.54, 1.807) is 12.4 Å². The molecule has 0 amide bonds. The Labute approximate surface area is 120 Å². The Morgan fingerprint density at radius 3 is 2.85 bits per heavy atom. The molecule has 2 atom stereocenters. The average Bonchev–Trinajstić information content (AvgIpc) is 2.47. The van der Waals surface area contributed by atoms with Crippen LogP contribution in [0.5, 0.6) is 0 Å². The molecule has 0 spiro atoms. The van der Waals surface area contributed by atoms with Crippen molar-refractivity contribution in [3.63, 3.8) is 0 Å². The molecule has 4 nitrogen and oxygen atoms in total. The molecule has 2 heterocycles. The summed E-state index contributed by atoms with van der Waals surface area (Å²) in [7, 11) is 2.21. The van der Waals surface area contributed by atoms with Crippen LogP contribution in [-0.4, -0.2) is 41.0 Å². The third-order valence-electron chi connectivity index (χ3n) is 4.23. The van der Waals surface area contributed by atoms with Crippen LogP contribution in [0.15, 0.2) is 30.6 Å². The van der Waals surface area contributed by atoms with Crippen molar-refractivity contribution in [2.45, 2.75) is 25.8 Å². The van der Waals surface area contributed by atoms with Gasteiger partial charge in [0.05, 0.1) is 11.0 Å². The summed E-state index contributed by atoms with van der Waals surface area (Å²) in [6.45, 7) is 4.70. The first-order valence-electron chi connectivity index (χ1n) is 7.38. The van der Waals surface area contributed by atoms with E-state index in [1.165, 1.54) is 25.9 Å². The summed E-state index contributed by atoms with van der Waals surface area (Å²) >= 11 is 0. The van der Waals surface area contributed by atoms with Crippen molar-refractivity contribution in [3.8, 4) is 0 Å². The van der Waals surface area contributed by atoms with Crippen LogP contribution in [0.1, 0.15) is 19.8 Å². The molecule has 1 aromatic heterocycles. The standard InChI is InChI=1S/C16H22N4/c1-12(13-4-3-9-20(2)11-13)19-14-5-6-15-16(10-14)18-8-7-17-15/h5-8,10,12-13,19H,3-4,9,11H2,1-2H3. The van der Waals surface area contributed by atoms with Crippen LogP contribution in [0.4, 0.5) is 5.69 Å². The van der Waals surface area contributed by atoms with Crippen molar-refractivity contribution in [1.82, 2.24) is 14.9 Å². The van der Waals surface area contributed by atoms with Crippen molar-refractivity contribution in [3.05, 3.63) is 30.6 Å². The van der Waals surface area contributed by atoms with E-state index in [4.69, 9.17) is 0 Å². The summed E-state index contributed by atoms with van der Waals surface area (Å²) in [5, 5.41) is 3.63.